The van der Waals surface area contributed by atoms with Crippen molar-refractivity contribution in [2.75, 3.05) is 18.0 Å². The lowest BCUT2D eigenvalue weighted by atomic mass is 10.2. The van der Waals surface area contributed by atoms with Crippen LogP contribution in [0.4, 0.5) is 5.82 Å². The normalized spacial score (nSPS) is 16.7. The number of thiocarbonyl (C=S) groups is 1. The smallest absolute Gasteiger partial charge is 0.267 e. The van der Waals surface area contributed by atoms with Crippen molar-refractivity contribution in [1.29, 1.82) is 0 Å². The van der Waals surface area contributed by atoms with Crippen LogP contribution in [0.3, 0.4) is 0 Å². The van der Waals surface area contributed by atoms with Crippen molar-refractivity contribution in [3.63, 3.8) is 0 Å². The number of rotatable bonds is 8. The summed E-state index contributed by atoms with van der Waals surface area (Å²) in [5.41, 5.74) is 0.853. The van der Waals surface area contributed by atoms with Crippen LogP contribution in [0.15, 0.2) is 34.1 Å². The molecule has 0 N–H and O–H groups in total. The maximum atomic E-state index is 13.4. The fourth-order valence-electron chi connectivity index (χ4n) is 3.50. The second kappa shape index (κ2) is 9.75. The summed E-state index contributed by atoms with van der Waals surface area (Å²) in [5.74, 6) is 0.490. The number of hydrogen-bond acceptors (Lipinski definition) is 6. The first kappa shape index (κ1) is 22.5. The minimum absolute atomic E-state index is 0.0235. The first-order valence-corrected chi connectivity index (χ1v) is 11.7. The van der Waals surface area contributed by atoms with Gasteiger partial charge in [-0.15, -0.1) is 0 Å². The van der Waals surface area contributed by atoms with Gasteiger partial charge in [0.05, 0.1) is 10.5 Å². The molecular weight excluding hydrogens is 416 g/mol. The molecule has 1 fully saturated rings. The highest BCUT2D eigenvalue weighted by molar-refractivity contribution is 8.26. The second-order valence-electron chi connectivity index (χ2n) is 7.38. The van der Waals surface area contributed by atoms with E-state index in [1.807, 2.05) is 26.0 Å². The van der Waals surface area contributed by atoms with Crippen LogP contribution in [0.25, 0.3) is 11.7 Å². The number of carbonyl (C=O) groups excluding carboxylic acids is 1. The number of carbonyl (C=O) groups is 1. The molecular formula is C22H28N4O2S2. The number of anilines is 1. The van der Waals surface area contributed by atoms with E-state index in [1.165, 1.54) is 16.2 Å². The van der Waals surface area contributed by atoms with Crippen LogP contribution in [0.5, 0.6) is 0 Å². The number of fused-ring (bicyclic) bond motifs is 1. The molecule has 1 amide bonds. The van der Waals surface area contributed by atoms with E-state index in [0.717, 1.165) is 32.4 Å². The predicted molar refractivity (Wildman–Crippen MR) is 129 cm³/mol. The molecule has 8 heteroatoms. The number of nitrogens with zero attached hydrogens (tertiary/aromatic N) is 4. The third-order valence-electron chi connectivity index (χ3n) is 5.17. The van der Waals surface area contributed by atoms with Gasteiger partial charge in [-0.1, -0.05) is 50.8 Å². The Hall–Kier alpha value is -2.19. The Kier molecular flexibility index (Phi) is 7.31. The Balaban J connectivity index is 2.19. The van der Waals surface area contributed by atoms with Crippen molar-refractivity contribution >= 4 is 51.7 Å². The topological polar surface area (TPSA) is 57.9 Å². The molecule has 0 spiro atoms. The van der Waals surface area contributed by atoms with E-state index in [-0.39, 0.29) is 17.5 Å². The van der Waals surface area contributed by atoms with Gasteiger partial charge in [0.25, 0.3) is 11.5 Å². The molecule has 0 aliphatic carbocycles. The molecule has 3 heterocycles. The molecule has 1 aliphatic heterocycles. The van der Waals surface area contributed by atoms with Gasteiger partial charge >= 0.3 is 0 Å². The third kappa shape index (κ3) is 4.30. The SMILES string of the molecule is CCCN(CCC)c1nc2ccccn2c(=O)c1/C=C1\SC(=S)N([C@H](C)CC)C1=O. The molecule has 1 saturated heterocycles. The van der Waals surface area contributed by atoms with Crippen molar-refractivity contribution in [3.8, 4) is 0 Å². The molecule has 2 aromatic heterocycles. The molecule has 1 aliphatic rings. The van der Waals surface area contributed by atoms with Crippen LogP contribution in [-0.2, 0) is 4.79 Å². The Bertz CT molecular complexity index is 1040. The van der Waals surface area contributed by atoms with Gasteiger partial charge in [0.1, 0.15) is 15.8 Å². The van der Waals surface area contributed by atoms with Crippen molar-refractivity contribution in [1.82, 2.24) is 14.3 Å². The highest BCUT2D eigenvalue weighted by atomic mass is 32.2. The van der Waals surface area contributed by atoms with E-state index in [9.17, 15) is 9.59 Å². The minimum atomic E-state index is -0.179. The largest absolute Gasteiger partial charge is 0.356 e. The van der Waals surface area contributed by atoms with Gasteiger partial charge < -0.3 is 4.90 Å². The highest BCUT2D eigenvalue weighted by Crippen LogP contribution is 2.35. The van der Waals surface area contributed by atoms with Crippen molar-refractivity contribution < 1.29 is 4.79 Å². The van der Waals surface area contributed by atoms with E-state index < -0.39 is 0 Å². The fourth-order valence-corrected chi connectivity index (χ4v) is 4.94. The maximum absolute atomic E-state index is 13.4. The summed E-state index contributed by atoms with van der Waals surface area (Å²) in [6, 6.07) is 5.52. The average molecular weight is 445 g/mol. The molecule has 0 aromatic carbocycles. The molecule has 1 atom stereocenters. The summed E-state index contributed by atoms with van der Waals surface area (Å²) in [7, 11) is 0. The monoisotopic (exact) mass is 444 g/mol. The summed E-state index contributed by atoms with van der Waals surface area (Å²) < 4.78 is 2.07. The zero-order valence-electron chi connectivity index (χ0n) is 17.9. The van der Waals surface area contributed by atoms with E-state index in [4.69, 9.17) is 17.2 Å². The minimum Gasteiger partial charge on any atom is -0.356 e. The lowest BCUT2D eigenvalue weighted by molar-refractivity contribution is -0.123. The van der Waals surface area contributed by atoms with Gasteiger partial charge in [-0.25, -0.2) is 4.98 Å². The van der Waals surface area contributed by atoms with Crippen LogP contribution < -0.4 is 10.5 Å². The van der Waals surface area contributed by atoms with Gasteiger partial charge in [0, 0.05) is 25.3 Å². The lowest BCUT2D eigenvalue weighted by Crippen LogP contribution is -2.36. The predicted octanol–water partition coefficient (Wildman–Crippen LogP) is 4.32. The van der Waals surface area contributed by atoms with Crippen LogP contribution in [0, 0.1) is 0 Å². The Morgan fingerprint density at radius 3 is 2.53 bits per heavy atom. The summed E-state index contributed by atoms with van der Waals surface area (Å²) in [6.45, 7) is 9.80. The molecule has 30 heavy (non-hydrogen) atoms. The Labute approximate surface area is 187 Å². The van der Waals surface area contributed by atoms with Crippen LogP contribution >= 0.6 is 24.0 Å². The summed E-state index contributed by atoms with van der Waals surface area (Å²) in [5, 5.41) is 0. The highest BCUT2D eigenvalue weighted by Gasteiger charge is 2.35. The van der Waals surface area contributed by atoms with E-state index in [0.29, 0.717) is 26.3 Å². The van der Waals surface area contributed by atoms with Crippen molar-refractivity contribution in [3.05, 3.63) is 45.2 Å². The van der Waals surface area contributed by atoms with Gasteiger partial charge in [0.15, 0.2) is 0 Å². The van der Waals surface area contributed by atoms with Crippen molar-refractivity contribution in [2.24, 2.45) is 0 Å². The fraction of sp³-hybridized carbons (Fsp3) is 0.455. The van der Waals surface area contributed by atoms with Gasteiger partial charge in [-0.3, -0.25) is 18.9 Å². The van der Waals surface area contributed by atoms with Gasteiger partial charge in [0.2, 0.25) is 0 Å². The summed E-state index contributed by atoms with van der Waals surface area (Å²) in [6.07, 6.45) is 6.08. The maximum Gasteiger partial charge on any atom is 0.267 e. The van der Waals surface area contributed by atoms with Crippen LogP contribution in [0.1, 0.15) is 52.5 Å². The number of thioether (sulfide) groups is 1. The number of hydrogen-bond donors (Lipinski definition) is 0. The molecule has 0 bridgehead atoms. The van der Waals surface area contributed by atoms with E-state index in [1.54, 1.807) is 23.2 Å². The Morgan fingerprint density at radius 1 is 1.20 bits per heavy atom. The standard InChI is InChI=1S/C22H28N4O2S2/c1-5-11-24(12-6-2)19-16(20(27)25-13-9-8-10-18(25)23-19)14-17-21(28)26(15(4)7-3)22(29)30-17/h8-10,13-15H,5-7,11-12H2,1-4H3/b17-14-/t15-/m1/s1. The van der Waals surface area contributed by atoms with E-state index in [2.05, 4.69) is 18.7 Å². The molecule has 0 unspecified atom stereocenters. The van der Waals surface area contributed by atoms with Crippen LogP contribution in [0.2, 0.25) is 0 Å². The lowest BCUT2D eigenvalue weighted by Gasteiger charge is -2.24. The van der Waals surface area contributed by atoms with E-state index >= 15 is 0 Å². The van der Waals surface area contributed by atoms with Gasteiger partial charge in [-0.2, -0.15) is 0 Å². The zero-order chi connectivity index (χ0) is 21.8. The molecule has 0 radical (unpaired) electrons. The molecule has 3 rings (SSSR count). The van der Waals surface area contributed by atoms with Crippen LogP contribution in [-0.4, -0.2) is 43.6 Å². The molecule has 2 aromatic rings. The second-order valence-corrected chi connectivity index (χ2v) is 9.05. The Morgan fingerprint density at radius 2 is 1.90 bits per heavy atom. The van der Waals surface area contributed by atoms with Crippen molar-refractivity contribution in [2.45, 2.75) is 53.0 Å². The number of aromatic nitrogens is 2. The number of amides is 1. The molecule has 6 nitrogen and oxygen atoms in total. The third-order valence-corrected chi connectivity index (χ3v) is 6.50. The first-order valence-electron chi connectivity index (χ1n) is 10.5. The first-order chi connectivity index (χ1) is 14.4. The zero-order valence-corrected chi connectivity index (χ0v) is 19.6. The quantitative estimate of drug-likeness (QED) is 0.446. The summed E-state index contributed by atoms with van der Waals surface area (Å²) >= 11 is 6.70. The summed E-state index contributed by atoms with van der Waals surface area (Å²) in [4.78, 5) is 35.5. The average Bonchev–Trinajstić information content (AvgIpc) is 3.02. The van der Waals surface area contributed by atoms with Gasteiger partial charge in [-0.05, 0) is 44.4 Å². The molecule has 160 valence electrons. The molecule has 0 saturated carbocycles. The number of pyridine rings is 1.